The van der Waals surface area contributed by atoms with Crippen LogP contribution < -0.4 is 10.1 Å². The minimum atomic E-state index is -4.53. The number of alkyl halides is 3. The summed E-state index contributed by atoms with van der Waals surface area (Å²) in [5, 5.41) is 2.61. The second-order valence-electron chi connectivity index (χ2n) is 4.95. The number of halogens is 4. The molecule has 8 heteroatoms. The van der Waals surface area contributed by atoms with Crippen molar-refractivity contribution >= 4 is 5.91 Å². The summed E-state index contributed by atoms with van der Waals surface area (Å²) >= 11 is 0. The molecule has 1 aromatic rings. The molecule has 0 aliphatic carbocycles. The molecule has 0 saturated carbocycles. The van der Waals surface area contributed by atoms with Gasteiger partial charge >= 0.3 is 6.18 Å². The molecule has 1 aromatic carbocycles. The van der Waals surface area contributed by atoms with Crippen LogP contribution in [0.1, 0.15) is 5.56 Å². The van der Waals surface area contributed by atoms with E-state index in [-0.39, 0.29) is 30.9 Å². The number of amides is 1. The van der Waals surface area contributed by atoms with Crippen molar-refractivity contribution in [3.8, 4) is 5.75 Å². The van der Waals surface area contributed by atoms with Crippen molar-refractivity contribution in [1.29, 1.82) is 0 Å². The first-order valence-corrected chi connectivity index (χ1v) is 6.73. The molecule has 0 spiro atoms. The fourth-order valence-corrected chi connectivity index (χ4v) is 2.45. The van der Waals surface area contributed by atoms with Gasteiger partial charge in [-0.2, -0.15) is 13.2 Å². The van der Waals surface area contributed by atoms with Gasteiger partial charge in [-0.3, -0.25) is 4.79 Å². The van der Waals surface area contributed by atoms with Gasteiger partial charge in [-0.05, 0) is 12.1 Å². The Bertz CT molecular complexity index is 548. The Balaban J connectivity index is 2.21. The summed E-state index contributed by atoms with van der Waals surface area (Å²) in [7, 11) is 1.31. The van der Waals surface area contributed by atoms with Gasteiger partial charge in [0.15, 0.2) is 0 Å². The van der Waals surface area contributed by atoms with Crippen molar-refractivity contribution in [3.63, 3.8) is 0 Å². The predicted molar refractivity (Wildman–Crippen MR) is 71.1 cm³/mol. The van der Waals surface area contributed by atoms with Crippen LogP contribution in [0.3, 0.4) is 0 Å². The molecule has 122 valence electrons. The van der Waals surface area contributed by atoms with Gasteiger partial charge in [0.1, 0.15) is 17.6 Å². The number of ether oxygens (including phenoxy) is 1. The molecule has 1 heterocycles. The minimum Gasteiger partial charge on any atom is -0.496 e. The van der Waals surface area contributed by atoms with E-state index >= 15 is 0 Å². The third kappa shape index (κ3) is 3.49. The van der Waals surface area contributed by atoms with Gasteiger partial charge in [-0.15, -0.1) is 0 Å². The molecule has 0 bridgehead atoms. The van der Waals surface area contributed by atoms with E-state index in [1.165, 1.54) is 19.2 Å². The molecule has 0 radical (unpaired) electrons. The van der Waals surface area contributed by atoms with E-state index in [0.717, 1.165) is 11.0 Å². The molecule has 1 fully saturated rings. The lowest BCUT2D eigenvalue weighted by molar-refractivity contribution is -0.192. The highest BCUT2D eigenvalue weighted by Gasteiger charge is 2.46. The second-order valence-corrected chi connectivity index (χ2v) is 4.95. The lowest BCUT2D eigenvalue weighted by Crippen LogP contribution is -2.59. The molecule has 0 aromatic heterocycles. The average molecular weight is 320 g/mol. The number of nitrogens with zero attached hydrogens (tertiary/aromatic N) is 1. The van der Waals surface area contributed by atoms with Crippen molar-refractivity contribution in [2.45, 2.75) is 18.6 Å². The first-order valence-electron chi connectivity index (χ1n) is 6.73. The smallest absolute Gasteiger partial charge is 0.410 e. The topological polar surface area (TPSA) is 41.6 Å². The van der Waals surface area contributed by atoms with Crippen molar-refractivity contribution in [2.75, 3.05) is 26.7 Å². The van der Waals surface area contributed by atoms with Crippen LogP contribution >= 0.6 is 0 Å². The van der Waals surface area contributed by atoms with Gasteiger partial charge in [0.2, 0.25) is 5.91 Å². The minimum absolute atomic E-state index is 0.0329. The fourth-order valence-electron chi connectivity index (χ4n) is 2.45. The highest BCUT2D eigenvalue weighted by molar-refractivity contribution is 5.80. The highest BCUT2D eigenvalue weighted by Crippen LogP contribution is 2.28. The van der Waals surface area contributed by atoms with Crippen molar-refractivity contribution in [2.24, 2.45) is 0 Å². The monoisotopic (exact) mass is 320 g/mol. The van der Waals surface area contributed by atoms with E-state index in [1.807, 2.05) is 0 Å². The Labute approximate surface area is 125 Å². The van der Waals surface area contributed by atoms with Gasteiger partial charge in [0.05, 0.1) is 13.5 Å². The zero-order valence-electron chi connectivity index (χ0n) is 11.9. The third-order valence-corrected chi connectivity index (χ3v) is 3.57. The van der Waals surface area contributed by atoms with Gasteiger partial charge < -0.3 is 15.0 Å². The molecule has 1 aliphatic rings. The Morgan fingerprint density at radius 2 is 2.18 bits per heavy atom. The van der Waals surface area contributed by atoms with E-state index in [1.54, 1.807) is 0 Å². The van der Waals surface area contributed by atoms with E-state index in [9.17, 15) is 22.4 Å². The molecule has 1 unspecified atom stereocenters. The number of hydrogen-bond acceptors (Lipinski definition) is 3. The van der Waals surface area contributed by atoms with Gasteiger partial charge in [0, 0.05) is 25.2 Å². The van der Waals surface area contributed by atoms with Crippen molar-refractivity contribution in [1.82, 2.24) is 10.2 Å². The summed E-state index contributed by atoms with van der Waals surface area (Å²) in [6, 6.07) is 2.12. The maximum absolute atomic E-state index is 13.8. The SMILES string of the molecule is COc1cccc(F)c1CC(=O)N1CCNCC1C(F)(F)F. The standard InChI is InChI=1S/C14H16F4N2O2/c1-22-11-4-2-3-10(15)9(11)7-13(21)20-6-5-19-8-12(20)14(16,17)18/h2-4,12,19H,5-8H2,1H3. The predicted octanol–water partition coefficient (Wildman–Crippen LogP) is 1.74. The molecule has 1 aliphatic heterocycles. The van der Waals surface area contributed by atoms with Crippen molar-refractivity contribution < 1.29 is 27.1 Å². The van der Waals surface area contributed by atoms with E-state index in [2.05, 4.69) is 5.32 Å². The average Bonchev–Trinajstić information content (AvgIpc) is 2.48. The number of carbonyl (C=O) groups is 1. The van der Waals surface area contributed by atoms with E-state index in [0.29, 0.717) is 0 Å². The molecule has 1 N–H and O–H groups in total. The van der Waals surface area contributed by atoms with Crippen LogP contribution in [0.5, 0.6) is 5.75 Å². The first-order chi connectivity index (χ1) is 10.3. The van der Waals surface area contributed by atoms with Gasteiger partial charge in [-0.25, -0.2) is 4.39 Å². The number of benzene rings is 1. The van der Waals surface area contributed by atoms with Crippen LogP contribution in [-0.2, 0) is 11.2 Å². The van der Waals surface area contributed by atoms with Crippen LogP contribution in [0.15, 0.2) is 18.2 Å². The van der Waals surface area contributed by atoms with Crippen LogP contribution in [0.2, 0.25) is 0 Å². The Hall–Kier alpha value is -1.83. The van der Waals surface area contributed by atoms with Crippen molar-refractivity contribution in [3.05, 3.63) is 29.6 Å². The summed E-state index contributed by atoms with van der Waals surface area (Å²) in [5.41, 5.74) is -0.0329. The molecule has 2 rings (SSSR count). The zero-order chi connectivity index (χ0) is 16.3. The second kappa shape index (κ2) is 6.51. The quantitative estimate of drug-likeness (QED) is 0.863. The first kappa shape index (κ1) is 16.5. The largest absolute Gasteiger partial charge is 0.496 e. The summed E-state index contributed by atoms with van der Waals surface area (Å²) in [6.07, 6.45) is -5.00. The van der Waals surface area contributed by atoms with E-state index < -0.39 is 30.4 Å². The molecular formula is C14H16F4N2O2. The maximum Gasteiger partial charge on any atom is 0.410 e. The normalized spacial score (nSPS) is 19.1. The van der Waals surface area contributed by atoms with E-state index in [4.69, 9.17) is 4.74 Å². The maximum atomic E-state index is 13.8. The molecule has 22 heavy (non-hydrogen) atoms. The Morgan fingerprint density at radius 3 is 2.82 bits per heavy atom. The summed E-state index contributed by atoms with van der Waals surface area (Å²) in [5.74, 6) is -1.30. The lowest BCUT2D eigenvalue weighted by Gasteiger charge is -2.37. The molecular weight excluding hydrogens is 304 g/mol. The third-order valence-electron chi connectivity index (χ3n) is 3.57. The summed E-state index contributed by atoms with van der Waals surface area (Å²) in [6.45, 7) is -0.157. The molecule has 4 nitrogen and oxygen atoms in total. The summed E-state index contributed by atoms with van der Waals surface area (Å²) < 4.78 is 57.7. The molecule has 1 saturated heterocycles. The summed E-state index contributed by atoms with van der Waals surface area (Å²) in [4.78, 5) is 13.0. The number of piperazine rings is 1. The number of hydrogen-bond donors (Lipinski definition) is 1. The van der Waals surface area contributed by atoms with Gasteiger partial charge in [0.25, 0.3) is 0 Å². The highest BCUT2D eigenvalue weighted by atomic mass is 19.4. The van der Waals surface area contributed by atoms with Crippen LogP contribution in [-0.4, -0.2) is 49.8 Å². The number of methoxy groups -OCH3 is 1. The van der Waals surface area contributed by atoms with Gasteiger partial charge in [-0.1, -0.05) is 6.07 Å². The van der Waals surface area contributed by atoms with Crippen LogP contribution in [0.4, 0.5) is 17.6 Å². The number of carbonyl (C=O) groups excluding carboxylic acids is 1. The lowest BCUT2D eigenvalue weighted by atomic mass is 10.1. The zero-order valence-corrected chi connectivity index (χ0v) is 11.9. The van der Waals surface area contributed by atoms with Crippen LogP contribution in [0.25, 0.3) is 0 Å². The number of rotatable bonds is 3. The molecule has 1 atom stereocenters. The molecule has 1 amide bonds. The van der Waals surface area contributed by atoms with Crippen LogP contribution in [0, 0.1) is 5.82 Å². The fraction of sp³-hybridized carbons (Fsp3) is 0.500. The number of nitrogens with one attached hydrogen (secondary N) is 1. The Kier molecular flexibility index (Phi) is 4.90. The Morgan fingerprint density at radius 1 is 1.45 bits per heavy atom.